The van der Waals surface area contributed by atoms with Gasteiger partial charge in [-0.25, -0.2) is 0 Å². The molecule has 0 fully saturated rings. The van der Waals surface area contributed by atoms with Gasteiger partial charge in [0, 0.05) is 31.1 Å². The van der Waals surface area contributed by atoms with Gasteiger partial charge in [0.1, 0.15) is 0 Å². The first-order valence-electron chi connectivity index (χ1n) is 5.14. The Labute approximate surface area is 102 Å². The van der Waals surface area contributed by atoms with Crippen LogP contribution in [0, 0.1) is 44.0 Å². The molecule has 0 amide bonds. The van der Waals surface area contributed by atoms with Crippen molar-refractivity contribution in [2.75, 3.05) is 0 Å². The van der Waals surface area contributed by atoms with E-state index in [-0.39, 0.29) is 31.1 Å². The quantitative estimate of drug-likeness (QED) is 0.569. The molecule has 0 spiro atoms. The van der Waals surface area contributed by atoms with Crippen molar-refractivity contribution in [1.82, 2.24) is 0 Å². The van der Waals surface area contributed by atoms with Crippen molar-refractivity contribution in [3.63, 3.8) is 0 Å². The van der Waals surface area contributed by atoms with Gasteiger partial charge in [-0.15, -0.1) is 0 Å². The van der Waals surface area contributed by atoms with E-state index < -0.39 is 0 Å². The summed E-state index contributed by atoms with van der Waals surface area (Å²) in [4.78, 5) is 0. The van der Waals surface area contributed by atoms with Gasteiger partial charge in [-0.05, 0) is 5.92 Å². The molecule has 0 N–H and O–H groups in total. The first-order chi connectivity index (χ1) is 5.35. The second kappa shape index (κ2) is 12.1. The summed E-state index contributed by atoms with van der Waals surface area (Å²) in [6.45, 7) is 8.47. The molecule has 0 aromatic carbocycles. The minimum atomic E-state index is 0. The second-order valence-corrected chi connectivity index (χ2v) is 3.44. The first kappa shape index (κ1) is 15.5. The van der Waals surface area contributed by atoms with E-state index in [0.717, 1.165) is 12.3 Å². The van der Waals surface area contributed by atoms with Crippen molar-refractivity contribution >= 4 is 0 Å². The molecule has 0 saturated carbocycles. The summed E-state index contributed by atoms with van der Waals surface area (Å²) in [6.07, 6.45) is 9.40. The minimum absolute atomic E-state index is 0. The summed E-state index contributed by atoms with van der Waals surface area (Å²) in [5.41, 5.74) is 0. The number of rotatable bonds is 7. The zero-order valence-electron chi connectivity index (χ0n) is 8.73. The van der Waals surface area contributed by atoms with Gasteiger partial charge in [0.05, 0.1) is 0 Å². The molecule has 0 aliphatic rings. The molecule has 0 radical (unpaired) electrons. The molecule has 0 rings (SSSR count). The third-order valence-corrected chi connectivity index (χ3v) is 2.28. The predicted molar refractivity (Wildman–Crippen MR) is 52.5 cm³/mol. The average Bonchev–Trinajstić information content (AvgIpc) is 2.01. The number of hydrogen-bond donors (Lipinski definition) is 0. The summed E-state index contributed by atoms with van der Waals surface area (Å²) in [6, 6.07) is 0. The Morgan fingerprint density at radius 3 is 2.08 bits per heavy atom. The molecule has 0 nitrogen and oxygen atoms in total. The number of unbranched alkanes of at least 4 members (excludes halogenated alkanes) is 1. The molecule has 0 aliphatic carbocycles. The van der Waals surface area contributed by atoms with Crippen LogP contribution in [0.3, 0.4) is 0 Å². The molecule has 12 heavy (non-hydrogen) atoms. The summed E-state index contributed by atoms with van der Waals surface area (Å²) in [5.74, 6) is 0.970. The maximum atomic E-state index is 3.92. The van der Waals surface area contributed by atoms with Crippen LogP contribution < -0.4 is 0 Å². The van der Waals surface area contributed by atoms with Crippen LogP contribution in [-0.4, -0.2) is 0 Å². The Kier molecular flexibility index (Phi) is 15.6. The van der Waals surface area contributed by atoms with E-state index >= 15 is 0 Å². The predicted octanol–water partition coefficient (Wildman–Crippen LogP) is 4.21. The van der Waals surface area contributed by atoms with Crippen LogP contribution in [0.25, 0.3) is 0 Å². The van der Waals surface area contributed by atoms with E-state index in [1.807, 2.05) is 0 Å². The smallest absolute Gasteiger partial charge is 0 e. The van der Waals surface area contributed by atoms with Crippen molar-refractivity contribution in [3.8, 4) is 0 Å². The Hall–Kier alpha value is 1.05. The van der Waals surface area contributed by atoms with Gasteiger partial charge in [0.25, 0.3) is 0 Å². The molecule has 1 atom stereocenters. The van der Waals surface area contributed by atoms with Crippen molar-refractivity contribution in [1.29, 1.82) is 0 Å². The molecule has 0 aromatic rings. The van der Waals surface area contributed by atoms with Crippen molar-refractivity contribution in [2.45, 2.75) is 58.8 Å². The van der Waals surface area contributed by atoms with Crippen LogP contribution in [0.4, 0.5) is 0 Å². The normalized spacial score (nSPS) is 12.2. The fourth-order valence-electron chi connectivity index (χ4n) is 1.62. The monoisotopic (exact) mass is 393 g/mol. The Morgan fingerprint density at radius 2 is 1.67 bits per heavy atom. The summed E-state index contributed by atoms with van der Waals surface area (Å²) >= 11 is 0. The Bertz CT molecular complexity index is 65.4. The van der Waals surface area contributed by atoms with Gasteiger partial charge in [-0.3, -0.25) is 0 Å². The van der Waals surface area contributed by atoms with Crippen molar-refractivity contribution < 1.29 is 31.1 Å². The van der Waals surface area contributed by atoms with Gasteiger partial charge >= 0.3 is 0 Å². The third kappa shape index (κ3) is 9.14. The molecule has 0 aliphatic heterocycles. The van der Waals surface area contributed by atoms with Gasteiger partial charge in [-0.2, -0.15) is 6.42 Å². The van der Waals surface area contributed by atoms with E-state index in [0.29, 0.717) is 0 Å². The molecule has 0 saturated heterocycles. The molecule has 72 valence electrons. The largest absolute Gasteiger partial charge is 0.343 e. The summed E-state index contributed by atoms with van der Waals surface area (Å²) < 4.78 is 0. The summed E-state index contributed by atoms with van der Waals surface area (Å²) in [7, 11) is 0. The van der Waals surface area contributed by atoms with Crippen molar-refractivity contribution in [3.05, 3.63) is 6.92 Å². The SMILES string of the molecule is [CH2-]CCC(CCC)CCCC.[U]. The van der Waals surface area contributed by atoms with Gasteiger partial charge in [0.2, 0.25) is 0 Å². The van der Waals surface area contributed by atoms with Crippen LogP contribution in [0.1, 0.15) is 58.8 Å². The maximum absolute atomic E-state index is 3.92. The number of hydrogen-bond acceptors (Lipinski definition) is 0. The standard InChI is InChI=1S/C11H23.U/c1-4-7-10-11(8-5-2)9-6-3;/h11H,2,4-10H2,1,3H3;/q-1;. The first-order valence-corrected chi connectivity index (χ1v) is 5.14. The van der Waals surface area contributed by atoms with Crippen LogP contribution >= 0.6 is 0 Å². The van der Waals surface area contributed by atoms with Crippen molar-refractivity contribution in [2.24, 2.45) is 5.92 Å². The van der Waals surface area contributed by atoms with Gasteiger partial charge < -0.3 is 6.92 Å². The molecular formula is C11H23U-. The molecule has 0 heterocycles. The van der Waals surface area contributed by atoms with Gasteiger partial charge in [-0.1, -0.05) is 52.4 Å². The van der Waals surface area contributed by atoms with Crippen LogP contribution in [0.5, 0.6) is 0 Å². The van der Waals surface area contributed by atoms with Crippen LogP contribution in [0.15, 0.2) is 0 Å². The Morgan fingerprint density at radius 1 is 1.00 bits per heavy atom. The minimum Gasteiger partial charge on any atom is -0.343 e. The van der Waals surface area contributed by atoms with E-state index in [1.54, 1.807) is 0 Å². The van der Waals surface area contributed by atoms with E-state index in [1.165, 1.54) is 38.5 Å². The van der Waals surface area contributed by atoms with E-state index in [2.05, 4.69) is 20.8 Å². The Balaban J connectivity index is 0. The molecule has 1 unspecified atom stereocenters. The molecule has 0 aromatic heterocycles. The van der Waals surface area contributed by atoms with Gasteiger partial charge in [0.15, 0.2) is 0 Å². The van der Waals surface area contributed by atoms with E-state index in [4.69, 9.17) is 0 Å². The summed E-state index contributed by atoms with van der Waals surface area (Å²) in [5, 5.41) is 0. The zero-order valence-corrected chi connectivity index (χ0v) is 12.9. The zero-order chi connectivity index (χ0) is 8.53. The second-order valence-electron chi connectivity index (χ2n) is 3.44. The average molecular weight is 393 g/mol. The van der Waals surface area contributed by atoms with E-state index in [9.17, 15) is 0 Å². The maximum Gasteiger partial charge on any atom is 0 e. The third-order valence-electron chi connectivity index (χ3n) is 2.28. The topological polar surface area (TPSA) is 0 Å². The van der Waals surface area contributed by atoms with Crippen LogP contribution in [0.2, 0.25) is 0 Å². The van der Waals surface area contributed by atoms with Crippen LogP contribution in [-0.2, 0) is 0 Å². The molecule has 1 heteroatoms. The molecular weight excluding hydrogens is 370 g/mol. The molecule has 0 bridgehead atoms. The fourth-order valence-corrected chi connectivity index (χ4v) is 1.62. The fraction of sp³-hybridized carbons (Fsp3) is 0.909.